The summed E-state index contributed by atoms with van der Waals surface area (Å²) in [7, 11) is 0. The van der Waals surface area contributed by atoms with E-state index in [1.165, 1.54) is 60.9 Å². The first kappa shape index (κ1) is 42.2. The SMILES string of the molecule is Cc1cc2c(cc1N1c3cc4c(cc3B3c5c1cc1ccccc1c5-c1ccc5oc6ccccc6c5c1N3c1ccc(C(C)(C)C)cc1-c1ccccc1)Oc1ccccc1O4)C(C)(C)CCC2(C)C. The summed E-state index contributed by atoms with van der Waals surface area (Å²) in [6.45, 7) is 18.6. The molecule has 0 saturated heterocycles. The maximum Gasteiger partial charge on any atom is 0.333 e. The van der Waals surface area contributed by atoms with Gasteiger partial charge in [-0.3, -0.25) is 0 Å². The van der Waals surface area contributed by atoms with Gasteiger partial charge in [0.15, 0.2) is 23.0 Å². The first-order valence-electron chi connectivity index (χ1n) is 25.3. The number of anilines is 5. The van der Waals surface area contributed by atoms with Crippen molar-refractivity contribution in [3.63, 3.8) is 0 Å². The molecule has 14 rings (SSSR count). The third-order valence-corrected chi connectivity index (χ3v) is 16.4. The molecule has 1 aromatic heterocycles. The van der Waals surface area contributed by atoms with Crippen molar-refractivity contribution in [2.75, 3.05) is 9.71 Å². The van der Waals surface area contributed by atoms with Crippen molar-refractivity contribution >= 4 is 78.9 Å². The minimum absolute atomic E-state index is 0.00465. The van der Waals surface area contributed by atoms with E-state index in [1.807, 2.05) is 24.3 Å². The van der Waals surface area contributed by atoms with E-state index in [9.17, 15) is 0 Å². The summed E-state index contributed by atoms with van der Waals surface area (Å²) in [5, 5.41) is 4.60. The minimum Gasteiger partial charge on any atom is -0.456 e. The maximum absolute atomic E-state index is 6.93. The minimum atomic E-state index is -0.329. The lowest BCUT2D eigenvalue weighted by molar-refractivity contribution is 0.332. The van der Waals surface area contributed by atoms with E-state index in [4.69, 9.17) is 13.9 Å². The monoisotopic (exact) mass is 922 g/mol. The zero-order valence-electron chi connectivity index (χ0n) is 41.7. The fourth-order valence-corrected chi connectivity index (χ4v) is 12.6. The molecule has 0 radical (unpaired) electrons. The van der Waals surface area contributed by atoms with Crippen molar-refractivity contribution in [1.82, 2.24) is 0 Å². The van der Waals surface area contributed by atoms with E-state index in [0.29, 0.717) is 23.0 Å². The lowest BCUT2D eigenvalue weighted by Gasteiger charge is -2.48. The fraction of sp³-hybridized carbons (Fsp3) is 0.200. The summed E-state index contributed by atoms with van der Waals surface area (Å²) >= 11 is 0. The zero-order chi connectivity index (χ0) is 48.3. The number of fused-ring (bicyclic) bond motifs is 13. The Kier molecular flexibility index (Phi) is 8.73. The Morgan fingerprint density at radius 3 is 1.94 bits per heavy atom. The van der Waals surface area contributed by atoms with Crippen LogP contribution in [0, 0.1) is 6.92 Å². The standard InChI is InChI=1S/C65H55BN2O3/c1-38-32-46-47(65(7,8)31-30-64(46,5)6)35-50(38)67-51-37-58-57(70-54-24-16-17-25-55(54)71-58)36-48(51)66-61-52(67)33-40-20-12-13-21-42(40)59(61)44-27-29-56-60(43-22-14-15-23-53(43)69-56)62(44)68(66)49-28-26-41(63(2,3)4)34-45(49)39-18-10-9-11-19-39/h9-29,32-37H,30-31H2,1-8H3. The van der Waals surface area contributed by atoms with Crippen LogP contribution in [0.15, 0.2) is 168 Å². The highest BCUT2D eigenvalue weighted by Gasteiger charge is 2.49. The molecule has 6 heteroatoms. The van der Waals surface area contributed by atoms with Crippen LogP contribution in [0.25, 0.3) is 55.0 Å². The molecule has 4 heterocycles. The van der Waals surface area contributed by atoms with Crippen molar-refractivity contribution in [3.8, 4) is 45.3 Å². The van der Waals surface area contributed by atoms with Gasteiger partial charge < -0.3 is 23.6 Å². The van der Waals surface area contributed by atoms with Crippen molar-refractivity contribution in [2.45, 2.75) is 84.5 Å². The summed E-state index contributed by atoms with van der Waals surface area (Å²) in [4.78, 5) is 5.24. The van der Waals surface area contributed by atoms with Gasteiger partial charge in [-0.1, -0.05) is 146 Å². The number of nitrogens with zero attached hydrogens (tertiary/aromatic N) is 2. The molecule has 0 bridgehead atoms. The number of furan rings is 1. The molecule has 0 unspecified atom stereocenters. The fourth-order valence-electron chi connectivity index (χ4n) is 12.6. The molecule has 4 aliphatic rings. The van der Waals surface area contributed by atoms with Gasteiger partial charge in [-0.2, -0.15) is 0 Å². The molecule has 0 spiro atoms. The molecule has 10 aromatic rings. The molecule has 0 atom stereocenters. The predicted molar refractivity (Wildman–Crippen MR) is 296 cm³/mol. The van der Waals surface area contributed by atoms with Gasteiger partial charge in [-0.15, -0.1) is 0 Å². The van der Waals surface area contributed by atoms with E-state index in [1.54, 1.807) is 0 Å². The molecule has 346 valence electrons. The second-order valence-corrected chi connectivity index (χ2v) is 22.8. The summed E-state index contributed by atoms with van der Waals surface area (Å²) in [6, 6.07) is 60.2. The average Bonchev–Trinajstić information content (AvgIpc) is 3.76. The molecule has 5 nitrogen and oxygen atoms in total. The molecule has 0 fully saturated rings. The number of benzene rings is 9. The zero-order valence-corrected chi connectivity index (χ0v) is 41.7. The van der Waals surface area contributed by atoms with Crippen LogP contribution in [0.5, 0.6) is 23.0 Å². The number of ether oxygens (including phenoxy) is 2. The molecule has 0 amide bonds. The Balaban J connectivity index is 1.17. The molecule has 9 aromatic carbocycles. The number of hydrogen-bond acceptors (Lipinski definition) is 5. The smallest absolute Gasteiger partial charge is 0.333 e. The van der Waals surface area contributed by atoms with Gasteiger partial charge >= 0.3 is 6.85 Å². The van der Waals surface area contributed by atoms with Gasteiger partial charge in [0.1, 0.15) is 11.2 Å². The number of hydrogen-bond donors (Lipinski definition) is 0. The van der Waals surface area contributed by atoms with Crippen molar-refractivity contribution in [2.24, 2.45) is 0 Å². The van der Waals surface area contributed by atoms with Gasteiger partial charge in [-0.25, -0.2) is 0 Å². The Hall–Kier alpha value is -7.70. The second-order valence-electron chi connectivity index (χ2n) is 22.8. The topological polar surface area (TPSA) is 38.1 Å². The molecule has 0 saturated carbocycles. The van der Waals surface area contributed by atoms with Crippen LogP contribution in [0.1, 0.15) is 83.6 Å². The summed E-state index contributed by atoms with van der Waals surface area (Å²) in [5.41, 5.74) is 19.9. The second kappa shape index (κ2) is 14.7. The summed E-state index contributed by atoms with van der Waals surface area (Å²) < 4.78 is 20.6. The highest BCUT2D eigenvalue weighted by Crippen LogP contribution is 2.57. The van der Waals surface area contributed by atoms with Gasteiger partial charge in [-0.05, 0) is 152 Å². The first-order chi connectivity index (χ1) is 34.2. The third-order valence-electron chi connectivity index (χ3n) is 16.4. The number of rotatable bonds is 3. The van der Waals surface area contributed by atoms with Crippen molar-refractivity contribution in [3.05, 3.63) is 186 Å². The average molecular weight is 923 g/mol. The number of para-hydroxylation sites is 3. The van der Waals surface area contributed by atoms with Crippen LogP contribution in [0.3, 0.4) is 0 Å². The van der Waals surface area contributed by atoms with Gasteiger partial charge in [0.05, 0.1) is 5.39 Å². The van der Waals surface area contributed by atoms with Gasteiger partial charge in [0.2, 0.25) is 0 Å². The summed E-state index contributed by atoms with van der Waals surface area (Å²) in [6.07, 6.45) is 2.28. The Bertz CT molecular complexity index is 3910. The van der Waals surface area contributed by atoms with Gasteiger partial charge in [0.25, 0.3) is 0 Å². The normalized spacial score (nSPS) is 15.9. The molecule has 3 aliphatic heterocycles. The predicted octanol–water partition coefficient (Wildman–Crippen LogP) is 17.0. The summed E-state index contributed by atoms with van der Waals surface area (Å²) in [5.74, 6) is 2.80. The number of aryl methyl sites for hydroxylation is 1. The van der Waals surface area contributed by atoms with E-state index in [-0.39, 0.29) is 23.1 Å². The van der Waals surface area contributed by atoms with Gasteiger partial charge in [0, 0.05) is 51.0 Å². The Labute approximate surface area is 416 Å². The van der Waals surface area contributed by atoms with Crippen LogP contribution in [-0.2, 0) is 16.2 Å². The highest BCUT2D eigenvalue weighted by molar-refractivity contribution is 6.94. The van der Waals surface area contributed by atoms with Crippen LogP contribution < -0.4 is 30.1 Å². The maximum atomic E-state index is 6.93. The Morgan fingerprint density at radius 2 is 1.20 bits per heavy atom. The van der Waals surface area contributed by atoms with E-state index >= 15 is 0 Å². The van der Waals surface area contributed by atoms with Crippen LogP contribution in [0.4, 0.5) is 28.4 Å². The van der Waals surface area contributed by atoms with Crippen molar-refractivity contribution < 1.29 is 13.9 Å². The van der Waals surface area contributed by atoms with E-state index in [2.05, 4.69) is 205 Å². The first-order valence-corrected chi connectivity index (χ1v) is 25.3. The third kappa shape index (κ3) is 6.13. The molecule has 0 N–H and O–H groups in total. The highest BCUT2D eigenvalue weighted by atomic mass is 16.6. The van der Waals surface area contributed by atoms with Crippen LogP contribution in [0.2, 0.25) is 0 Å². The molecular formula is C65H55BN2O3. The van der Waals surface area contributed by atoms with Crippen molar-refractivity contribution in [1.29, 1.82) is 0 Å². The molecule has 71 heavy (non-hydrogen) atoms. The quantitative estimate of drug-likeness (QED) is 0.165. The molecular weight excluding hydrogens is 868 g/mol. The lowest BCUT2D eigenvalue weighted by atomic mass is 9.43. The molecule has 1 aliphatic carbocycles. The van der Waals surface area contributed by atoms with E-state index < -0.39 is 0 Å². The largest absolute Gasteiger partial charge is 0.456 e. The van der Waals surface area contributed by atoms with Crippen LogP contribution >= 0.6 is 0 Å². The van der Waals surface area contributed by atoms with Crippen LogP contribution in [-0.4, -0.2) is 6.85 Å². The Morgan fingerprint density at radius 1 is 0.535 bits per heavy atom. The lowest BCUT2D eigenvalue weighted by Crippen LogP contribution is -2.61. The van der Waals surface area contributed by atoms with E-state index in [0.717, 1.165) is 68.6 Å².